The van der Waals surface area contributed by atoms with Gasteiger partial charge in [0.1, 0.15) is 28.2 Å². The van der Waals surface area contributed by atoms with Crippen molar-refractivity contribution in [3.8, 4) is 0 Å². The quantitative estimate of drug-likeness (QED) is 0.785. The first-order chi connectivity index (χ1) is 6.13. The van der Waals surface area contributed by atoms with Gasteiger partial charge in [0.05, 0.1) is 5.92 Å². The molecular formula is C6H5Cl4N3. The molecule has 0 radical (unpaired) electrons. The van der Waals surface area contributed by atoms with Crippen molar-refractivity contribution in [1.29, 1.82) is 0 Å². The van der Waals surface area contributed by atoms with E-state index in [1.165, 1.54) is 12.7 Å². The van der Waals surface area contributed by atoms with Gasteiger partial charge >= 0.3 is 0 Å². The first kappa shape index (κ1) is 11.2. The van der Waals surface area contributed by atoms with Gasteiger partial charge < -0.3 is 0 Å². The van der Waals surface area contributed by atoms with Crippen LogP contribution in [0.3, 0.4) is 0 Å². The van der Waals surface area contributed by atoms with Crippen LogP contribution in [-0.4, -0.2) is 24.6 Å². The standard InChI is InChI=1S/C6H5Cl4N3/c7-4(8)3(5(9)10)6-12-1-11-2-13-6/h1-5H. The van der Waals surface area contributed by atoms with Crippen LogP contribution in [0.4, 0.5) is 0 Å². The predicted molar refractivity (Wildman–Crippen MR) is 53.6 cm³/mol. The Balaban J connectivity index is 2.89. The highest BCUT2D eigenvalue weighted by molar-refractivity contribution is 6.49. The van der Waals surface area contributed by atoms with E-state index in [1.807, 2.05) is 0 Å². The van der Waals surface area contributed by atoms with Crippen molar-refractivity contribution in [2.75, 3.05) is 0 Å². The fourth-order valence-electron chi connectivity index (χ4n) is 0.756. The zero-order chi connectivity index (χ0) is 9.84. The molecule has 0 aliphatic heterocycles. The summed E-state index contributed by atoms with van der Waals surface area (Å²) in [6.45, 7) is 0. The molecule has 7 heteroatoms. The lowest BCUT2D eigenvalue weighted by atomic mass is 10.2. The van der Waals surface area contributed by atoms with Crippen LogP contribution in [0.25, 0.3) is 0 Å². The van der Waals surface area contributed by atoms with Crippen LogP contribution < -0.4 is 0 Å². The molecule has 72 valence electrons. The van der Waals surface area contributed by atoms with E-state index in [2.05, 4.69) is 15.0 Å². The molecule has 1 aromatic rings. The van der Waals surface area contributed by atoms with Crippen molar-refractivity contribution >= 4 is 46.4 Å². The summed E-state index contributed by atoms with van der Waals surface area (Å²) in [5, 5.41) is 0. The third kappa shape index (κ3) is 3.09. The number of aromatic nitrogens is 3. The molecule has 0 N–H and O–H groups in total. The van der Waals surface area contributed by atoms with E-state index >= 15 is 0 Å². The maximum Gasteiger partial charge on any atom is 0.140 e. The van der Waals surface area contributed by atoms with Crippen LogP contribution in [0.5, 0.6) is 0 Å². The van der Waals surface area contributed by atoms with E-state index in [-0.39, 0.29) is 0 Å². The van der Waals surface area contributed by atoms with Crippen LogP contribution in [0, 0.1) is 0 Å². The first-order valence-electron chi connectivity index (χ1n) is 3.31. The summed E-state index contributed by atoms with van der Waals surface area (Å²) in [6, 6.07) is 0. The van der Waals surface area contributed by atoms with Crippen molar-refractivity contribution in [3.63, 3.8) is 0 Å². The SMILES string of the molecule is ClC(Cl)C(c1ncncn1)C(Cl)Cl. The Labute approximate surface area is 95.4 Å². The molecule has 0 unspecified atom stereocenters. The van der Waals surface area contributed by atoms with Crippen LogP contribution in [0.15, 0.2) is 12.7 Å². The smallest absolute Gasteiger partial charge is 0.140 e. The Morgan fingerprint density at radius 2 is 1.38 bits per heavy atom. The molecule has 1 rings (SSSR count). The number of hydrogen-bond acceptors (Lipinski definition) is 3. The van der Waals surface area contributed by atoms with Gasteiger partial charge in [0.2, 0.25) is 0 Å². The molecule has 0 fully saturated rings. The summed E-state index contributed by atoms with van der Waals surface area (Å²) in [6.07, 6.45) is 2.67. The molecule has 0 spiro atoms. The molecule has 0 aromatic carbocycles. The Morgan fingerprint density at radius 1 is 0.923 bits per heavy atom. The third-order valence-electron chi connectivity index (χ3n) is 1.35. The van der Waals surface area contributed by atoms with E-state index in [1.54, 1.807) is 0 Å². The largest absolute Gasteiger partial charge is 0.225 e. The molecule has 1 heterocycles. The average Bonchev–Trinajstić information content (AvgIpc) is 2.04. The molecule has 0 amide bonds. The molecule has 0 aliphatic rings. The zero-order valence-corrected chi connectivity index (χ0v) is 9.26. The fraction of sp³-hybridized carbons (Fsp3) is 0.500. The van der Waals surface area contributed by atoms with E-state index in [9.17, 15) is 0 Å². The number of hydrogen-bond donors (Lipinski definition) is 0. The highest BCUT2D eigenvalue weighted by Crippen LogP contribution is 2.32. The molecule has 0 aliphatic carbocycles. The average molecular weight is 261 g/mol. The van der Waals surface area contributed by atoms with E-state index in [4.69, 9.17) is 46.4 Å². The minimum atomic E-state index is -0.748. The molecule has 0 saturated heterocycles. The monoisotopic (exact) mass is 259 g/mol. The second-order valence-corrected chi connectivity index (χ2v) is 4.52. The number of alkyl halides is 4. The zero-order valence-electron chi connectivity index (χ0n) is 6.24. The molecule has 3 nitrogen and oxygen atoms in total. The van der Waals surface area contributed by atoms with Gasteiger partial charge in [-0.05, 0) is 0 Å². The molecule has 0 atom stereocenters. The second-order valence-electron chi connectivity index (χ2n) is 2.19. The van der Waals surface area contributed by atoms with Gasteiger partial charge in [0, 0.05) is 0 Å². The Hall–Kier alpha value is 0.170. The Morgan fingerprint density at radius 3 is 1.77 bits per heavy atom. The van der Waals surface area contributed by atoms with Crippen molar-refractivity contribution in [2.24, 2.45) is 0 Å². The second kappa shape index (κ2) is 5.15. The highest BCUT2D eigenvalue weighted by atomic mass is 35.5. The van der Waals surface area contributed by atoms with Crippen molar-refractivity contribution in [2.45, 2.75) is 15.6 Å². The molecule has 0 saturated carbocycles. The topological polar surface area (TPSA) is 38.7 Å². The van der Waals surface area contributed by atoms with E-state index in [0.29, 0.717) is 5.82 Å². The maximum absolute atomic E-state index is 5.67. The van der Waals surface area contributed by atoms with Gasteiger partial charge in [-0.15, -0.1) is 46.4 Å². The van der Waals surface area contributed by atoms with Gasteiger partial charge in [-0.3, -0.25) is 0 Å². The summed E-state index contributed by atoms with van der Waals surface area (Å²) < 4.78 is 0. The lowest BCUT2D eigenvalue weighted by Gasteiger charge is -2.16. The predicted octanol–water partition coefficient (Wildman–Crippen LogP) is 2.56. The summed E-state index contributed by atoms with van der Waals surface area (Å²) in [5.74, 6) is -0.116. The minimum Gasteiger partial charge on any atom is -0.225 e. The lowest BCUT2D eigenvalue weighted by molar-refractivity contribution is 0.719. The van der Waals surface area contributed by atoms with Gasteiger partial charge in [-0.25, -0.2) is 15.0 Å². The normalized spacial score (nSPS) is 11.6. The number of halogens is 4. The summed E-state index contributed by atoms with van der Waals surface area (Å²) in [4.78, 5) is 9.88. The Bertz CT molecular complexity index is 245. The minimum absolute atomic E-state index is 0.389. The van der Waals surface area contributed by atoms with Gasteiger partial charge in [0.15, 0.2) is 0 Å². The molecule has 13 heavy (non-hydrogen) atoms. The van der Waals surface area contributed by atoms with Crippen molar-refractivity contribution in [3.05, 3.63) is 18.5 Å². The highest BCUT2D eigenvalue weighted by Gasteiger charge is 2.28. The van der Waals surface area contributed by atoms with Crippen LogP contribution >= 0.6 is 46.4 Å². The van der Waals surface area contributed by atoms with Gasteiger partial charge in [0.25, 0.3) is 0 Å². The van der Waals surface area contributed by atoms with Gasteiger partial charge in [-0.2, -0.15) is 0 Å². The first-order valence-corrected chi connectivity index (χ1v) is 5.05. The Kier molecular flexibility index (Phi) is 4.46. The fourth-order valence-corrected chi connectivity index (χ4v) is 2.09. The molecule has 1 aromatic heterocycles. The van der Waals surface area contributed by atoms with Crippen LogP contribution in [0.1, 0.15) is 11.7 Å². The van der Waals surface area contributed by atoms with Crippen molar-refractivity contribution < 1.29 is 0 Å². The summed E-state index contributed by atoms with van der Waals surface area (Å²) >= 11 is 22.7. The lowest BCUT2D eigenvalue weighted by Crippen LogP contribution is -2.17. The maximum atomic E-state index is 5.67. The van der Waals surface area contributed by atoms with Crippen molar-refractivity contribution in [1.82, 2.24) is 15.0 Å². The summed E-state index contributed by atoms with van der Waals surface area (Å²) in [7, 11) is 0. The van der Waals surface area contributed by atoms with Gasteiger partial charge in [-0.1, -0.05) is 0 Å². The number of nitrogens with zero attached hydrogens (tertiary/aromatic N) is 3. The molecule has 0 bridgehead atoms. The van der Waals surface area contributed by atoms with E-state index < -0.39 is 15.6 Å². The summed E-state index contributed by atoms with van der Waals surface area (Å²) in [5.41, 5.74) is 0. The third-order valence-corrected chi connectivity index (χ3v) is 2.44. The van der Waals surface area contributed by atoms with Crippen LogP contribution in [0.2, 0.25) is 0 Å². The van der Waals surface area contributed by atoms with E-state index in [0.717, 1.165) is 0 Å². The van der Waals surface area contributed by atoms with Crippen LogP contribution in [-0.2, 0) is 0 Å². The number of rotatable bonds is 3. The molecular weight excluding hydrogens is 256 g/mol.